The molecule has 1 aliphatic rings. The molecule has 1 fully saturated rings. The number of aryl methyl sites for hydroxylation is 1. The lowest BCUT2D eigenvalue weighted by Crippen LogP contribution is -2.35. The Balaban J connectivity index is 2.31. The van der Waals surface area contributed by atoms with Crippen LogP contribution in [0.2, 0.25) is 0 Å². The van der Waals surface area contributed by atoms with Crippen LogP contribution >= 0.6 is 0 Å². The number of hydrogen-bond donors (Lipinski definition) is 1. The van der Waals surface area contributed by atoms with E-state index >= 15 is 0 Å². The molecule has 0 bridgehead atoms. The number of aromatic nitrogens is 2. The van der Waals surface area contributed by atoms with Crippen molar-refractivity contribution < 1.29 is 4.74 Å². The van der Waals surface area contributed by atoms with Crippen molar-refractivity contribution >= 4 is 0 Å². The predicted molar refractivity (Wildman–Crippen MR) is 72.8 cm³/mol. The molecule has 102 valence electrons. The SMILES string of the molecule is CCCn1ncc(OC)c1C1CC(C)CCC1N. The Hall–Kier alpha value is -1.03. The molecule has 1 aromatic rings. The highest BCUT2D eigenvalue weighted by Gasteiger charge is 2.32. The summed E-state index contributed by atoms with van der Waals surface area (Å²) in [5.74, 6) is 2.03. The zero-order valence-electron chi connectivity index (χ0n) is 11.7. The summed E-state index contributed by atoms with van der Waals surface area (Å²) < 4.78 is 7.55. The Morgan fingerprint density at radius 2 is 2.28 bits per heavy atom. The van der Waals surface area contributed by atoms with Crippen LogP contribution in [0.25, 0.3) is 0 Å². The fraction of sp³-hybridized carbons (Fsp3) is 0.786. The van der Waals surface area contributed by atoms with E-state index in [0.717, 1.165) is 37.5 Å². The van der Waals surface area contributed by atoms with Crippen LogP contribution in [-0.4, -0.2) is 22.9 Å². The van der Waals surface area contributed by atoms with Gasteiger partial charge in [0.2, 0.25) is 0 Å². The number of methoxy groups -OCH3 is 1. The van der Waals surface area contributed by atoms with E-state index in [0.29, 0.717) is 5.92 Å². The molecule has 18 heavy (non-hydrogen) atoms. The van der Waals surface area contributed by atoms with Gasteiger partial charge in [0, 0.05) is 18.5 Å². The van der Waals surface area contributed by atoms with Gasteiger partial charge in [0.25, 0.3) is 0 Å². The van der Waals surface area contributed by atoms with Gasteiger partial charge in [-0.1, -0.05) is 13.8 Å². The highest BCUT2D eigenvalue weighted by molar-refractivity contribution is 5.30. The minimum absolute atomic E-state index is 0.238. The number of nitrogens with two attached hydrogens (primary N) is 1. The van der Waals surface area contributed by atoms with Crippen molar-refractivity contribution in [2.24, 2.45) is 11.7 Å². The van der Waals surface area contributed by atoms with Crippen LogP contribution in [0, 0.1) is 5.92 Å². The highest BCUT2D eigenvalue weighted by atomic mass is 16.5. The largest absolute Gasteiger partial charge is 0.493 e. The maximum Gasteiger partial charge on any atom is 0.160 e. The van der Waals surface area contributed by atoms with Crippen molar-refractivity contribution in [3.05, 3.63) is 11.9 Å². The van der Waals surface area contributed by atoms with Crippen LogP contribution in [0.15, 0.2) is 6.20 Å². The van der Waals surface area contributed by atoms with E-state index in [9.17, 15) is 0 Å². The maximum absolute atomic E-state index is 6.32. The van der Waals surface area contributed by atoms with Crippen LogP contribution < -0.4 is 10.5 Å². The predicted octanol–water partition coefficient (Wildman–Crippen LogP) is 2.53. The Labute approximate surface area is 110 Å². The Morgan fingerprint density at radius 1 is 1.50 bits per heavy atom. The molecule has 0 radical (unpaired) electrons. The molecule has 3 atom stereocenters. The summed E-state index contributed by atoms with van der Waals surface area (Å²) in [4.78, 5) is 0. The maximum atomic E-state index is 6.32. The number of rotatable bonds is 4. The normalized spacial score (nSPS) is 28.3. The van der Waals surface area contributed by atoms with E-state index in [-0.39, 0.29) is 6.04 Å². The lowest BCUT2D eigenvalue weighted by molar-refractivity contribution is 0.286. The van der Waals surface area contributed by atoms with Gasteiger partial charge in [-0.15, -0.1) is 0 Å². The summed E-state index contributed by atoms with van der Waals surface area (Å²) >= 11 is 0. The van der Waals surface area contributed by atoms with Crippen LogP contribution in [-0.2, 0) is 6.54 Å². The first-order valence-electron chi connectivity index (χ1n) is 7.02. The van der Waals surface area contributed by atoms with E-state index in [2.05, 4.69) is 23.6 Å². The average Bonchev–Trinajstić information content (AvgIpc) is 2.75. The minimum atomic E-state index is 0.238. The number of ether oxygens (including phenoxy) is 1. The molecule has 0 aliphatic heterocycles. The molecule has 1 aromatic heterocycles. The zero-order valence-corrected chi connectivity index (χ0v) is 11.7. The third-order valence-electron chi connectivity index (χ3n) is 4.02. The van der Waals surface area contributed by atoms with Gasteiger partial charge in [-0.25, -0.2) is 0 Å². The highest BCUT2D eigenvalue weighted by Crippen LogP contribution is 2.39. The van der Waals surface area contributed by atoms with Crippen molar-refractivity contribution in [3.63, 3.8) is 0 Å². The second-order valence-corrected chi connectivity index (χ2v) is 5.51. The standard InChI is InChI=1S/C14H25N3O/c1-4-7-17-14(13(18-3)9-16-17)11-8-10(2)5-6-12(11)15/h9-12H,4-8,15H2,1-3H3. The second kappa shape index (κ2) is 5.74. The van der Waals surface area contributed by atoms with E-state index in [1.54, 1.807) is 7.11 Å². The van der Waals surface area contributed by atoms with Crippen LogP contribution in [0.4, 0.5) is 0 Å². The van der Waals surface area contributed by atoms with Crippen molar-refractivity contribution in [1.29, 1.82) is 0 Å². The molecule has 1 heterocycles. The summed E-state index contributed by atoms with van der Waals surface area (Å²) in [7, 11) is 1.72. The molecule has 0 aromatic carbocycles. The van der Waals surface area contributed by atoms with Crippen molar-refractivity contribution in [1.82, 2.24) is 9.78 Å². The van der Waals surface area contributed by atoms with Gasteiger partial charge in [-0.2, -0.15) is 5.10 Å². The summed E-state index contributed by atoms with van der Waals surface area (Å²) in [6.07, 6.45) is 6.40. The first-order valence-corrected chi connectivity index (χ1v) is 7.02. The summed E-state index contributed by atoms with van der Waals surface area (Å²) in [6.45, 7) is 5.42. The number of nitrogens with zero attached hydrogens (tertiary/aromatic N) is 2. The fourth-order valence-electron chi connectivity index (χ4n) is 3.02. The molecule has 1 aliphatic carbocycles. The average molecular weight is 251 g/mol. The van der Waals surface area contributed by atoms with Gasteiger partial charge in [-0.05, 0) is 31.6 Å². The van der Waals surface area contributed by atoms with Crippen molar-refractivity contribution in [3.8, 4) is 5.75 Å². The third-order valence-corrected chi connectivity index (χ3v) is 4.02. The molecule has 2 rings (SSSR count). The topological polar surface area (TPSA) is 53.1 Å². The van der Waals surface area contributed by atoms with Crippen molar-refractivity contribution in [2.75, 3.05) is 7.11 Å². The van der Waals surface area contributed by atoms with Gasteiger partial charge in [0.05, 0.1) is 19.0 Å². The minimum Gasteiger partial charge on any atom is -0.493 e. The quantitative estimate of drug-likeness (QED) is 0.894. The van der Waals surface area contributed by atoms with E-state index in [1.165, 1.54) is 12.1 Å². The summed E-state index contributed by atoms with van der Waals surface area (Å²) in [6, 6.07) is 0.238. The smallest absolute Gasteiger partial charge is 0.160 e. The zero-order chi connectivity index (χ0) is 13.1. The molecule has 4 nitrogen and oxygen atoms in total. The van der Waals surface area contributed by atoms with E-state index in [4.69, 9.17) is 10.5 Å². The molecule has 0 saturated heterocycles. The first-order chi connectivity index (χ1) is 8.67. The first kappa shape index (κ1) is 13.4. The number of hydrogen-bond acceptors (Lipinski definition) is 3. The lowest BCUT2D eigenvalue weighted by atomic mass is 9.77. The fourth-order valence-corrected chi connectivity index (χ4v) is 3.02. The van der Waals surface area contributed by atoms with E-state index in [1.807, 2.05) is 6.20 Å². The van der Waals surface area contributed by atoms with Gasteiger partial charge < -0.3 is 10.5 Å². The molecule has 1 saturated carbocycles. The summed E-state index contributed by atoms with van der Waals surface area (Å²) in [5.41, 5.74) is 7.53. The molecule has 2 N–H and O–H groups in total. The molecule has 4 heteroatoms. The molecule has 3 unspecified atom stereocenters. The molecule has 0 amide bonds. The van der Waals surface area contributed by atoms with Gasteiger partial charge in [0.15, 0.2) is 5.75 Å². The third kappa shape index (κ3) is 2.53. The van der Waals surface area contributed by atoms with E-state index < -0.39 is 0 Å². The van der Waals surface area contributed by atoms with Crippen LogP contribution in [0.3, 0.4) is 0 Å². The Morgan fingerprint density at radius 3 is 2.94 bits per heavy atom. The Bertz CT molecular complexity index is 388. The van der Waals surface area contributed by atoms with Crippen LogP contribution in [0.5, 0.6) is 5.75 Å². The van der Waals surface area contributed by atoms with Gasteiger partial charge in [0.1, 0.15) is 0 Å². The van der Waals surface area contributed by atoms with Crippen LogP contribution in [0.1, 0.15) is 51.1 Å². The van der Waals surface area contributed by atoms with Crippen molar-refractivity contribution in [2.45, 2.75) is 58.0 Å². The van der Waals surface area contributed by atoms with Gasteiger partial charge in [-0.3, -0.25) is 4.68 Å². The monoisotopic (exact) mass is 251 g/mol. The summed E-state index contributed by atoms with van der Waals surface area (Å²) in [5, 5.41) is 4.45. The lowest BCUT2D eigenvalue weighted by Gasteiger charge is -2.33. The second-order valence-electron chi connectivity index (χ2n) is 5.51. The van der Waals surface area contributed by atoms with Gasteiger partial charge >= 0.3 is 0 Å². The molecular weight excluding hydrogens is 226 g/mol. The molecule has 0 spiro atoms. The Kier molecular flexibility index (Phi) is 4.27. The molecular formula is C14H25N3O.